The van der Waals surface area contributed by atoms with E-state index >= 15 is 0 Å². The lowest BCUT2D eigenvalue weighted by atomic mass is 9.65. The Morgan fingerprint density at radius 1 is 1.16 bits per heavy atom. The molecule has 0 saturated carbocycles. The van der Waals surface area contributed by atoms with E-state index in [-0.39, 0.29) is 25.0 Å². The summed E-state index contributed by atoms with van der Waals surface area (Å²) in [7, 11) is 0. The normalized spacial score (nSPS) is 29.9. The van der Waals surface area contributed by atoms with Crippen molar-refractivity contribution < 1.29 is 29.0 Å². The molecule has 2 unspecified atom stereocenters. The third-order valence-corrected chi connectivity index (χ3v) is 8.47. The molecule has 3 rings (SSSR count). The van der Waals surface area contributed by atoms with Gasteiger partial charge in [0.1, 0.15) is 17.6 Å². The van der Waals surface area contributed by atoms with Crippen LogP contribution in [-0.2, 0) is 23.9 Å². The van der Waals surface area contributed by atoms with E-state index in [1.54, 1.807) is 22.0 Å². The largest absolute Gasteiger partial charge is 0.465 e. The van der Waals surface area contributed by atoms with Crippen LogP contribution >= 0.6 is 0 Å². The second kappa shape index (κ2) is 13.1. The molecule has 37 heavy (non-hydrogen) atoms. The van der Waals surface area contributed by atoms with E-state index < -0.39 is 35.0 Å². The van der Waals surface area contributed by atoms with Crippen LogP contribution in [0.25, 0.3) is 0 Å². The molecular formula is C29H46N2O6. The highest BCUT2D eigenvalue weighted by atomic mass is 16.6. The average molecular weight is 519 g/mol. The monoisotopic (exact) mass is 518 g/mol. The smallest absolute Gasteiger partial charge is 0.312 e. The van der Waals surface area contributed by atoms with E-state index in [0.29, 0.717) is 58.2 Å². The van der Waals surface area contributed by atoms with Crippen LogP contribution in [0, 0.1) is 11.8 Å². The molecule has 3 aliphatic rings. The van der Waals surface area contributed by atoms with Gasteiger partial charge in [0.05, 0.1) is 18.1 Å². The molecule has 2 amide bonds. The first-order valence-electron chi connectivity index (χ1n) is 14.2. The number of carbonyl (C=O) groups excluding carboxylic acids is 3. The number of unbranched alkanes of at least 4 members (excludes halogenated alkanes) is 4. The lowest BCUT2D eigenvalue weighted by Gasteiger charge is -2.37. The molecule has 3 fully saturated rings. The maximum atomic E-state index is 14.2. The van der Waals surface area contributed by atoms with Crippen molar-refractivity contribution in [2.45, 2.75) is 95.3 Å². The zero-order valence-electron chi connectivity index (χ0n) is 22.8. The molecule has 3 aliphatic heterocycles. The topological polar surface area (TPSA) is 96.4 Å². The van der Waals surface area contributed by atoms with Crippen LogP contribution in [-0.4, -0.2) is 82.8 Å². The molecule has 0 radical (unpaired) electrons. The molecule has 0 aromatic heterocycles. The molecule has 208 valence electrons. The van der Waals surface area contributed by atoms with Gasteiger partial charge in [-0.1, -0.05) is 38.8 Å². The van der Waals surface area contributed by atoms with Crippen LogP contribution < -0.4 is 0 Å². The van der Waals surface area contributed by atoms with Crippen LogP contribution in [0.15, 0.2) is 25.3 Å². The Kier molecular flexibility index (Phi) is 10.4. The van der Waals surface area contributed by atoms with Gasteiger partial charge in [-0.3, -0.25) is 14.4 Å². The van der Waals surface area contributed by atoms with E-state index in [1.165, 1.54) is 0 Å². The van der Waals surface area contributed by atoms with Crippen LogP contribution in [0.5, 0.6) is 0 Å². The highest BCUT2D eigenvalue weighted by Crippen LogP contribution is 2.64. The number of hydrogen-bond donors (Lipinski definition) is 1. The fraction of sp³-hybridized carbons (Fsp3) is 0.759. The maximum absolute atomic E-state index is 14.2. The zero-order valence-corrected chi connectivity index (χ0v) is 22.8. The molecular weight excluding hydrogens is 472 g/mol. The Hall–Kier alpha value is -2.19. The molecule has 0 aromatic rings. The summed E-state index contributed by atoms with van der Waals surface area (Å²) in [5, 5.41) is 9.34. The van der Waals surface area contributed by atoms with Gasteiger partial charge in [0.2, 0.25) is 11.8 Å². The third-order valence-electron chi connectivity index (χ3n) is 8.47. The minimum atomic E-state index is -1.04. The van der Waals surface area contributed by atoms with E-state index in [0.717, 1.165) is 25.7 Å². The van der Waals surface area contributed by atoms with Crippen LogP contribution in [0.2, 0.25) is 0 Å². The third kappa shape index (κ3) is 5.51. The maximum Gasteiger partial charge on any atom is 0.312 e. The quantitative estimate of drug-likeness (QED) is 0.179. The van der Waals surface area contributed by atoms with Crippen molar-refractivity contribution in [1.82, 2.24) is 9.80 Å². The number of esters is 1. The Balaban J connectivity index is 1.97. The fourth-order valence-corrected chi connectivity index (χ4v) is 6.65. The number of hydrogen-bond acceptors (Lipinski definition) is 6. The molecule has 1 spiro atoms. The van der Waals surface area contributed by atoms with E-state index in [4.69, 9.17) is 9.47 Å². The minimum Gasteiger partial charge on any atom is -0.465 e. The van der Waals surface area contributed by atoms with Crippen molar-refractivity contribution in [1.29, 1.82) is 0 Å². The predicted molar refractivity (Wildman–Crippen MR) is 142 cm³/mol. The number of ether oxygens (including phenoxy) is 2. The zero-order chi connectivity index (χ0) is 27.1. The van der Waals surface area contributed by atoms with Crippen molar-refractivity contribution in [2.24, 2.45) is 11.8 Å². The van der Waals surface area contributed by atoms with Crippen molar-refractivity contribution in [3.8, 4) is 0 Å². The van der Waals surface area contributed by atoms with Gasteiger partial charge < -0.3 is 24.4 Å². The number of amides is 2. The van der Waals surface area contributed by atoms with Crippen molar-refractivity contribution in [2.75, 3.05) is 32.8 Å². The minimum absolute atomic E-state index is 0.0178. The number of carbonyl (C=O) groups is 3. The molecule has 2 bridgehead atoms. The van der Waals surface area contributed by atoms with Gasteiger partial charge in [-0.2, -0.15) is 0 Å². The van der Waals surface area contributed by atoms with Gasteiger partial charge in [-0.05, 0) is 51.4 Å². The van der Waals surface area contributed by atoms with Gasteiger partial charge in [-0.15, -0.1) is 13.2 Å². The second-order valence-electron chi connectivity index (χ2n) is 10.7. The second-order valence-corrected chi connectivity index (χ2v) is 10.7. The summed E-state index contributed by atoms with van der Waals surface area (Å²) in [6.45, 7) is 13.3. The van der Waals surface area contributed by atoms with Gasteiger partial charge in [0, 0.05) is 26.2 Å². The lowest BCUT2D eigenvalue weighted by molar-refractivity contribution is -0.162. The molecule has 0 aromatic carbocycles. The number of allylic oxidation sites excluding steroid dienone is 1. The summed E-state index contributed by atoms with van der Waals surface area (Å²) in [6, 6.07) is -0.794. The molecule has 0 aliphatic carbocycles. The summed E-state index contributed by atoms with van der Waals surface area (Å²) in [5.41, 5.74) is -1.84. The lowest BCUT2D eigenvalue weighted by Crippen LogP contribution is -2.56. The van der Waals surface area contributed by atoms with Crippen LogP contribution in [0.1, 0.15) is 78.1 Å². The van der Waals surface area contributed by atoms with Gasteiger partial charge in [0.15, 0.2) is 0 Å². The highest BCUT2D eigenvalue weighted by Gasteiger charge is 2.79. The fourth-order valence-electron chi connectivity index (χ4n) is 6.65. The molecule has 8 heteroatoms. The van der Waals surface area contributed by atoms with E-state index in [1.807, 2.05) is 6.92 Å². The number of aliphatic hydroxyl groups is 1. The Morgan fingerprint density at radius 3 is 2.59 bits per heavy atom. The Bertz CT molecular complexity index is 846. The Labute approximate surface area is 222 Å². The SMILES string of the molecule is C=CCCCOC(=O)[C@H]1[C@H]2C(=O)N(CCCCO)C(C(=O)N(CC=C)CCCCC)C23CC[C@]1(CC)O3. The first kappa shape index (κ1) is 29.4. The predicted octanol–water partition coefficient (Wildman–Crippen LogP) is 3.63. The summed E-state index contributed by atoms with van der Waals surface area (Å²) in [6.07, 6.45) is 10.7. The first-order chi connectivity index (χ1) is 17.9. The first-order valence-corrected chi connectivity index (χ1v) is 14.2. The molecule has 1 N–H and O–H groups in total. The number of likely N-dealkylation sites (tertiary alicyclic amines) is 1. The van der Waals surface area contributed by atoms with E-state index in [9.17, 15) is 19.5 Å². The number of nitrogens with zero attached hydrogens (tertiary/aromatic N) is 2. The average Bonchev–Trinajstić information content (AvgIpc) is 3.50. The molecule has 3 saturated heterocycles. The summed E-state index contributed by atoms with van der Waals surface area (Å²) in [5.74, 6) is -2.21. The standard InChI is InChI=1S/C29H46N2O6/c1-5-9-11-18-30(17-7-3)26(34)24-29-16-15-28(8-4,37-29)23(27(35)36-21-14-10-6-2)22(29)25(33)31(24)19-12-13-20-32/h6-7,22-24,32H,2-3,5,8-21H2,1,4H3/t22-,23+,24?,28-,29?/m0/s1. The van der Waals surface area contributed by atoms with Crippen molar-refractivity contribution in [3.63, 3.8) is 0 Å². The van der Waals surface area contributed by atoms with Gasteiger partial charge >= 0.3 is 5.97 Å². The van der Waals surface area contributed by atoms with E-state index in [2.05, 4.69) is 20.1 Å². The summed E-state index contributed by atoms with van der Waals surface area (Å²) in [4.78, 5) is 45.1. The number of rotatable bonds is 17. The highest BCUT2D eigenvalue weighted by molar-refractivity contribution is 5.98. The van der Waals surface area contributed by atoms with Gasteiger partial charge in [0.25, 0.3) is 0 Å². The number of fused-ring (bicyclic) bond motifs is 1. The van der Waals surface area contributed by atoms with Crippen molar-refractivity contribution >= 4 is 17.8 Å². The van der Waals surface area contributed by atoms with Gasteiger partial charge in [-0.25, -0.2) is 0 Å². The molecule has 5 atom stereocenters. The summed E-state index contributed by atoms with van der Waals surface area (Å²) < 4.78 is 12.4. The summed E-state index contributed by atoms with van der Waals surface area (Å²) >= 11 is 0. The van der Waals surface area contributed by atoms with Crippen LogP contribution in [0.3, 0.4) is 0 Å². The Morgan fingerprint density at radius 2 is 1.95 bits per heavy atom. The molecule has 3 heterocycles. The number of aliphatic hydroxyl groups excluding tert-OH is 1. The van der Waals surface area contributed by atoms with Crippen molar-refractivity contribution in [3.05, 3.63) is 25.3 Å². The van der Waals surface area contributed by atoms with Crippen LogP contribution in [0.4, 0.5) is 0 Å². The molecule has 8 nitrogen and oxygen atoms in total.